The van der Waals surface area contributed by atoms with Gasteiger partial charge < -0.3 is 10.8 Å². The van der Waals surface area contributed by atoms with E-state index in [0.29, 0.717) is 13.0 Å². The predicted molar refractivity (Wildman–Crippen MR) is 62.7 cm³/mol. The maximum atomic E-state index is 11.4. The molecule has 1 aromatic carbocycles. The molecule has 16 heavy (non-hydrogen) atoms. The second-order valence-electron chi connectivity index (χ2n) is 3.75. The maximum Gasteiger partial charge on any atom is 0.227 e. The summed E-state index contributed by atoms with van der Waals surface area (Å²) in [6.45, 7) is 1.99. The van der Waals surface area contributed by atoms with Crippen molar-refractivity contribution in [3.8, 4) is 5.75 Å². The minimum absolute atomic E-state index is 0.0705. The largest absolute Gasteiger partial charge is 0.507 e. The Bertz CT molecular complexity index is 543. The van der Waals surface area contributed by atoms with Gasteiger partial charge >= 0.3 is 0 Å². The molecule has 0 bridgehead atoms. The van der Waals surface area contributed by atoms with Crippen LogP contribution in [0, 0.1) is 0 Å². The van der Waals surface area contributed by atoms with E-state index in [1.807, 2.05) is 6.07 Å². The molecule has 1 aromatic heterocycles. The van der Waals surface area contributed by atoms with E-state index in [1.54, 1.807) is 22.9 Å². The third-order valence-electron chi connectivity index (χ3n) is 2.64. The van der Waals surface area contributed by atoms with Gasteiger partial charge in [0.25, 0.3) is 0 Å². The number of nitrogens with zero attached hydrogens (tertiary/aromatic N) is 1. The average molecular weight is 218 g/mol. The van der Waals surface area contributed by atoms with Crippen molar-refractivity contribution in [1.82, 2.24) is 4.57 Å². The van der Waals surface area contributed by atoms with Crippen LogP contribution in [0.25, 0.3) is 10.9 Å². The molecule has 0 radical (unpaired) electrons. The topological polar surface area (TPSA) is 68.2 Å². The molecule has 2 rings (SSSR count). The summed E-state index contributed by atoms with van der Waals surface area (Å²) in [5.74, 6) is 0.125. The van der Waals surface area contributed by atoms with Gasteiger partial charge in [-0.05, 0) is 30.7 Å². The smallest absolute Gasteiger partial charge is 0.227 e. The van der Waals surface area contributed by atoms with Crippen molar-refractivity contribution in [2.45, 2.75) is 13.3 Å². The Labute approximate surface area is 93.3 Å². The van der Waals surface area contributed by atoms with Crippen molar-refractivity contribution < 1.29 is 9.90 Å². The number of fused-ring (bicyclic) bond motifs is 1. The Hall–Kier alpha value is -1.81. The van der Waals surface area contributed by atoms with E-state index >= 15 is 0 Å². The van der Waals surface area contributed by atoms with E-state index in [1.165, 1.54) is 6.92 Å². The van der Waals surface area contributed by atoms with Gasteiger partial charge in [0.05, 0.1) is 5.52 Å². The summed E-state index contributed by atoms with van der Waals surface area (Å²) in [5, 5.41) is 10.5. The average Bonchev–Trinajstić information content (AvgIpc) is 2.59. The molecule has 4 heteroatoms. The monoisotopic (exact) mass is 218 g/mol. The van der Waals surface area contributed by atoms with Gasteiger partial charge in [0.1, 0.15) is 5.75 Å². The molecule has 0 aliphatic heterocycles. The Balaban J connectivity index is 2.76. The van der Waals surface area contributed by atoms with Gasteiger partial charge in [0, 0.05) is 18.5 Å². The first-order valence-electron chi connectivity index (χ1n) is 5.18. The van der Waals surface area contributed by atoms with Crippen molar-refractivity contribution in [3.63, 3.8) is 0 Å². The fraction of sp³-hybridized carbons (Fsp3) is 0.250. The van der Waals surface area contributed by atoms with E-state index in [4.69, 9.17) is 5.73 Å². The maximum absolute atomic E-state index is 11.4. The molecule has 1 heterocycles. The predicted octanol–water partition coefficient (Wildman–Crippen LogP) is 1.51. The fourth-order valence-electron chi connectivity index (χ4n) is 1.95. The molecule has 0 aliphatic rings. The molecule has 0 saturated heterocycles. The lowest BCUT2D eigenvalue weighted by Gasteiger charge is -2.00. The lowest BCUT2D eigenvalue weighted by Crippen LogP contribution is -2.04. The number of nitrogens with two attached hydrogens (primary N) is 1. The van der Waals surface area contributed by atoms with Gasteiger partial charge in [-0.25, -0.2) is 0 Å². The van der Waals surface area contributed by atoms with E-state index in [0.717, 1.165) is 16.5 Å². The third kappa shape index (κ3) is 1.57. The van der Waals surface area contributed by atoms with Crippen LogP contribution in [0.5, 0.6) is 5.75 Å². The number of phenolic OH excluding ortho intramolecular Hbond substituents is 1. The molecule has 0 atom stereocenters. The highest BCUT2D eigenvalue weighted by Crippen LogP contribution is 2.29. The lowest BCUT2D eigenvalue weighted by molar-refractivity contribution is 0.0941. The number of hydrogen-bond acceptors (Lipinski definition) is 3. The van der Waals surface area contributed by atoms with Crippen molar-refractivity contribution in [1.29, 1.82) is 0 Å². The first-order valence-corrected chi connectivity index (χ1v) is 5.18. The van der Waals surface area contributed by atoms with Crippen LogP contribution in [0.4, 0.5) is 0 Å². The van der Waals surface area contributed by atoms with Crippen LogP contribution in [-0.2, 0) is 6.42 Å². The normalized spacial score (nSPS) is 10.9. The molecule has 0 spiro atoms. The van der Waals surface area contributed by atoms with Gasteiger partial charge in [-0.1, -0.05) is 6.07 Å². The zero-order valence-corrected chi connectivity index (χ0v) is 9.10. The summed E-state index contributed by atoms with van der Waals surface area (Å²) in [5.41, 5.74) is 7.15. The van der Waals surface area contributed by atoms with Crippen LogP contribution in [0.3, 0.4) is 0 Å². The van der Waals surface area contributed by atoms with E-state index in [2.05, 4.69) is 0 Å². The minimum Gasteiger partial charge on any atom is -0.507 e. The number of carbonyl (C=O) groups excluding carboxylic acids is 1. The van der Waals surface area contributed by atoms with E-state index in [-0.39, 0.29) is 11.7 Å². The summed E-state index contributed by atoms with van der Waals surface area (Å²) in [7, 11) is 0. The van der Waals surface area contributed by atoms with Crippen LogP contribution in [-0.4, -0.2) is 22.1 Å². The Kier molecular flexibility index (Phi) is 2.66. The molecule has 0 unspecified atom stereocenters. The molecule has 0 amide bonds. The number of rotatable bonds is 2. The van der Waals surface area contributed by atoms with Crippen LogP contribution in [0.1, 0.15) is 17.3 Å². The number of phenols is 1. The zero-order valence-electron chi connectivity index (χ0n) is 9.10. The number of carbonyl (C=O) groups is 1. The van der Waals surface area contributed by atoms with E-state index in [9.17, 15) is 9.90 Å². The van der Waals surface area contributed by atoms with Gasteiger partial charge in [-0.15, -0.1) is 0 Å². The molecular formula is C12H14N2O2. The Morgan fingerprint density at radius 2 is 2.25 bits per heavy atom. The van der Waals surface area contributed by atoms with Gasteiger partial charge in [0.15, 0.2) is 0 Å². The van der Waals surface area contributed by atoms with Crippen LogP contribution in [0.2, 0.25) is 0 Å². The summed E-state index contributed by atoms with van der Waals surface area (Å²) < 4.78 is 1.54. The van der Waals surface area contributed by atoms with Gasteiger partial charge in [-0.2, -0.15) is 0 Å². The Morgan fingerprint density at radius 3 is 2.88 bits per heavy atom. The third-order valence-corrected chi connectivity index (χ3v) is 2.64. The van der Waals surface area contributed by atoms with Crippen LogP contribution < -0.4 is 5.73 Å². The molecule has 4 nitrogen and oxygen atoms in total. The molecule has 84 valence electrons. The quantitative estimate of drug-likeness (QED) is 0.802. The minimum atomic E-state index is -0.0705. The molecule has 3 N–H and O–H groups in total. The zero-order chi connectivity index (χ0) is 11.7. The van der Waals surface area contributed by atoms with Crippen molar-refractivity contribution in [2.75, 3.05) is 6.54 Å². The molecule has 0 saturated carbocycles. The summed E-state index contributed by atoms with van der Waals surface area (Å²) >= 11 is 0. The number of hydrogen-bond donors (Lipinski definition) is 2. The van der Waals surface area contributed by atoms with Crippen LogP contribution in [0.15, 0.2) is 24.4 Å². The molecule has 0 fully saturated rings. The number of aromatic nitrogens is 1. The molecule has 2 aromatic rings. The Morgan fingerprint density at radius 1 is 1.50 bits per heavy atom. The van der Waals surface area contributed by atoms with Crippen LogP contribution >= 0.6 is 0 Å². The summed E-state index contributed by atoms with van der Waals surface area (Å²) in [6, 6.07) is 5.16. The second kappa shape index (κ2) is 3.98. The summed E-state index contributed by atoms with van der Waals surface area (Å²) in [4.78, 5) is 11.4. The SMILES string of the molecule is CC(=O)n1cc(CCN)c2c(O)cccc21. The fourth-order valence-corrected chi connectivity index (χ4v) is 1.95. The standard InChI is InChI=1S/C12H14N2O2/c1-8(15)14-7-9(5-6-13)12-10(14)3-2-4-11(12)16/h2-4,7,16H,5-6,13H2,1H3. The highest BCUT2D eigenvalue weighted by molar-refractivity contribution is 5.96. The number of aromatic hydroxyl groups is 1. The summed E-state index contributed by atoms with van der Waals surface area (Å²) in [6.07, 6.45) is 2.40. The first-order chi connectivity index (χ1) is 7.65. The molecule has 0 aliphatic carbocycles. The van der Waals surface area contributed by atoms with E-state index < -0.39 is 0 Å². The van der Waals surface area contributed by atoms with Crippen molar-refractivity contribution in [3.05, 3.63) is 30.0 Å². The number of benzene rings is 1. The lowest BCUT2D eigenvalue weighted by atomic mass is 10.1. The highest BCUT2D eigenvalue weighted by atomic mass is 16.3. The van der Waals surface area contributed by atoms with Gasteiger partial charge in [-0.3, -0.25) is 9.36 Å². The highest BCUT2D eigenvalue weighted by Gasteiger charge is 2.13. The van der Waals surface area contributed by atoms with Gasteiger partial charge in [0.2, 0.25) is 5.91 Å². The van der Waals surface area contributed by atoms with Crippen molar-refractivity contribution >= 4 is 16.8 Å². The molecular weight excluding hydrogens is 204 g/mol. The van der Waals surface area contributed by atoms with Crippen molar-refractivity contribution in [2.24, 2.45) is 5.73 Å². The second-order valence-corrected chi connectivity index (χ2v) is 3.75. The first kappa shape index (κ1) is 10.7.